The molecule has 0 saturated heterocycles. The molecule has 3 aromatic rings. The first kappa shape index (κ1) is 14.0. The highest BCUT2D eigenvalue weighted by molar-refractivity contribution is 5.96. The smallest absolute Gasteiger partial charge is 0.246 e. The summed E-state index contributed by atoms with van der Waals surface area (Å²) in [4.78, 5) is 19.1. The number of aromatic nitrogens is 2. The van der Waals surface area contributed by atoms with Gasteiger partial charge in [-0.3, -0.25) is 4.79 Å². The van der Waals surface area contributed by atoms with E-state index < -0.39 is 0 Å². The third-order valence-electron chi connectivity index (χ3n) is 4.73. The summed E-state index contributed by atoms with van der Waals surface area (Å²) in [5.74, 6) is 0.118. The quantitative estimate of drug-likeness (QED) is 0.729. The van der Waals surface area contributed by atoms with Gasteiger partial charge in [0.05, 0.1) is 17.4 Å². The molecule has 0 saturated carbocycles. The van der Waals surface area contributed by atoms with Crippen LogP contribution in [-0.4, -0.2) is 22.0 Å². The Hall–Kier alpha value is -2.62. The molecule has 1 amide bonds. The standard InChI is InChI=1S/C19H19N3O/c1-13-9-16-18(10-14(13)2)21(12-20-16)11-19(23)22-8-7-15-5-3-4-6-17(15)22/h3-6,9-10,12H,7-8,11H2,1-2H3. The van der Waals surface area contributed by atoms with Gasteiger partial charge in [0.15, 0.2) is 0 Å². The molecule has 0 bridgehead atoms. The number of benzene rings is 2. The van der Waals surface area contributed by atoms with Crippen molar-refractivity contribution in [1.82, 2.24) is 9.55 Å². The first-order valence-corrected chi connectivity index (χ1v) is 7.94. The van der Waals surface area contributed by atoms with Crippen LogP contribution in [0.4, 0.5) is 5.69 Å². The number of carbonyl (C=O) groups excluding carboxylic acids is 1. The maximum Gasteiger partial charge on any atom is 0.246 e. The molecule has 1 aromatic heterocycles. The Balaban J connectivity index is 1.64. The van der Waals surface area contributed by atoms with Crippen molar-refractivity contribution >= 4 is 22.6 Å². The lowest BCUT2D eigenvalue weighted by molar-refractivity contribution is -0.119. The molecular formula is C19H19N3O. The Kier molecular flexibility index (Phi) is 3.18. The molecular weight excluding hydrogens is 286 g/mol. The highest BCUT2D eigenvalue weighted by Gasteiger charge is 2.24. The molecule has 0 N–H and O–H groups in total. The van der Waals surface area contributed by atoms with E-state index in [1.54, 1.807) is 6.33 Å². The highest BCUT2D eigenvalue weighted by atomic mass is 16.2. The van der Waals surface area contributed by atoms with Crippen molar-refractivity contribution in [2.75, 3.05) is 11.4 Å². The molecule has 2 aromatic carbocycles. The minimum absolute atomic E-state index is 0.118. The van der Waals surface area contributed by atoms with E-state index >= 15 is 0 Å². The summed E-state index contributed by atoms with van der Waals surface area (Å²) in [6, 6.07) is 12.3. The normalized spacial score (nSPS) is 13.6. The second kappa shape index (κ2) is 5.23. The van der Waals surface area contributed by atoms with Crippen molar-refractivity contribution in [3.63, 3.8) is 0 Å². The largest absolute Gasteiger partial charge is 0.321 e. The minimum atomic E-state index is 0.118. The number of nitrogens with zero attached hydrogens (tertiary/aromatic N) is 3. The lowest BCUT2D eigenvalue weighted by Crippen LogP contribution is -2.32. The van der Waals surface area contributed by atoms with Crippen LogP contribution in [0.2, 0.25) is 0 Å². The maximum absolute atomic E-state index is 12.7. The van der Waals surface area contributed by atoms with Crippen LogP contribution in [0.5, 0.6) is 0 Å². The molecule has 2 heterocycles. The third kappa shape index (κ3) is 2.31. The Bertz CT molecular complexity index is 910. The van der Waals surface area contributed by atoms with Gasteiger partial charge in [-0.15, -0.1) is 0 Å². The lowest BCUT2D eigenvalue weighted by Gasteiger charge is -2.18. The van der Waals surface area contributed by atoms with Gasteiger partial charge >= 0.3 is 0 Å². The predicted molar refractivity (Wildman–Crippen MR) is 91.7 cm³/mol. The first-order chi connectivity index (χ1) is 11.1. The SMILES string of the molecule is Cc1cc2ncn(CC(=O)N3CCc4ccccc43)c2cc1C. The number of aryl methyl sites for hydroxylation is 2. The van der Waals surface area contributed by atoms with Gasteiger partial charge in [0.25, 0.3) is 0 Å². The molecule has 4 heteroatoms. The Morgan fingerprint density at radius 2 is 1.96 bits per heavy atom. The van der Waals surface area contributed by atoms with Crippen molar-refractivity contribution in [2.45, 2.75) is 26.8 Å². The van der Waals surface area contributed by atoms with E-state index in [0.717, 1.165) is 29.7 Å². The summed E-state index contributed by atoms with van der Waals surface area (Å²) < 4.78 is 1.95. The predicted octanol–water partition coefficient (Wildman–Crippen LogP) is 3.24. The number of rotatable bonds is 2. The number of hydrogen-bond donors (Lipinski definition) is 0. The van der Waals surface area contributed by atoms with Crippen molar-refractivity contribution in [2.24, 2.45) is 0 Å². The van der Waals surface area contributed by atoms with Crippen molar-refractivity contribution in [1.29, 1.82) is 0 Å². The van der Waals surface area contributed by atoms with E-state index in [-0.39, 0.29) is 5.91 Å². The fourth-order valence-corrected chi connectivity index (χ4v) is 3.27. The molecule has 1 aliphatic rings. The zero-order valence-corrected chi connectivity index (χ0v) is 13.4. The van der Waals surface area contributed by atoms with Gasteiger partial charge < -0.3 is 9.47 Å². The van der Waals surface area contributed by atoms with Gasteiger partial charge in [-0.25, -0.2) is 4.98 Å². The van der Waals surface area contributed by atoms with Crippen LogP contribution in [0.25, 0.3) is 11.0 Å². The Morgan fingerprint density at radius 3 is 2.83 bits per heavy atom. The molecule has 1 aliphatic heterocycles. The average molecular weight is 305 g/mol. The van der Waals surface area contributed by atoms with E-state index in [9.17, 15) is 4.79 Å². The molecule has 0 aliphatic carbocycles. The summed E-state index contributed by atoms with van der Waals surface area (Å²) in [6.45, 7) is 5.26. The molecule has 4 rings (SSSR count). The summed E-state index contributed by atoms with van der Waals surface area (Å²) in [5, 5.41) is 0. The van der Waals surface area contributed by atoms with Gasteiger partial charge in [0.1, 0.15) is 6.54 Å². The van der Waals surface area contributed by atoms with Crippen LogP contribution >= 0.6 is 0 Å². The van der Waals surface area contributed by atoms with Crippen molar-refractivity contribution in [3.8, 4) is 0 Å². The number of amides is 1. The van der Waals surface area contributed by atoms with Gasteiger partial charge in [0, 0.05) is 12.2 Å². The molecule has 0 atom stereocenters. The van der Waals surface area contributed by atoms with Crippen LogP contribution in [0.15, 0.2) is 42.7 Å². The number of carbonyl (C=O) groups is 1. The third-order valence-corrected chi connectivity index (χ3v) is 4.73. The maximum atomic E-state index is 12.7. The second-order valence-electron chi connectivity index (χ2n) is 6.22. The van der Waals surface area contributed by atoms with E-state index in [2.05, 4.69) is 37.0 Å². The summed E-state index contributed by atoms with van der Waals surface area (Å²) in [6.07, 6.45) is 2.70. The van der Waals surface area contributed by atoms with E-state index in [1.165, 1.54) is 16.7 Å². The fourth-order valence-electron chi connectivity index (χ4n) is 3.27. The van der Waals surface area contributed by atoms with Crippen LogP contribution in [0.1, 0.15) is 16.7 Å². The molecule has 0 spiro atoms. The van der Waals surface area contributed by atoms with Gasteiger partial charge in [0.2, 0.25) is 5.91 Å². The number of imidazole rings is 1. The molecule has 0 radical (unpaired) electrons. The van der Waals surface area contributed by atoms with Crippen molar-refractivity contribution in [3.05, 3.63) is 59.4 Å². The van der Waals surface area contributed by atoms with Gasteiger partial charge in [-0.1, -0.05) is 18.2 Å². The second-order valence-corrected chi connectivity index (χ2v) is 6.22. The van der Waals surface area contributed by atoms with E-state index in [4.69, 9.17) is 0 Å². The van der Waals surface area contributed by atoms with Crippen LogP contribution in [0.3, 0.4) is 0 Å². The molecule has 0 unspecified atom stereocenters. The first-order valence-electron chi connectivity index (χ1n) is 7.94. The van der Waals surface area contributed by atoms with Crippen LogP contribution < -0.4 is 4.90 Å². The molecule has 4 nitrogen and oxygen atoms in total. The lowest BCUT2D eigenvalue weighted by atomic mass is 10.1. The molecule has 23 heavy (non-hydrogen) atoms. The molecule has 0 fully saturated rings. The summed E-state index contributed by atoms with van der Waals surface area (Å²) >= 11 is 0. The minimum Gasteiger partial charge on any atom is -0.321 e. The van der Waals surface area contributed by atoms with Crippen LogP contribution in [-0.2, 0) is 17.8 Å². The van der Waals surface area contributed by atoms with Crippen molar-refractivity contribution < 1.29 is 4.79 Å². The highest BCUT2D eigenvalue weighted by Crippen LogP contribution is 2.28. The van der Waals surface area contributed by atoms with E-state index in [1.807, 2.05) is 27.7 Å². The molecule has 116 valence electrons. The van der Waals surface area contributed by atoms with Gasteiger partial charge in [-0.2, -0.15) is 0 Å². The Labute approximate surface area is 135 Å². The Morgan fingerprint density at radius 1 is 1.17 bits per heavy atom. The summed E-state index contributed by atoms with van der Waals surface area (Å²) in [7, 11) is 0. The number of hydrogen-bond acceptors (Lipinski definition) is 2. The van der Waals surface area contributed by atoms with Crippen LogP contribution in [0, 0.1) is 13.8 Å². The number of anilines is 1. The monoisotopic (exact) mass is 305 g/mol. The fraction of sp³-hybridized carbons (Fsp3) is 0.263. The van der Waals surface area contributed by atoms with Gasteiger partial charge in [-0.05, 0) is 55.2 Å². The topological polar surface area (TPSA) is 38.1 Å². The zero-order valence-electron chi connectivity index (χ0n) is 13.4. The zero-order chi connectivity index (χ0) is 16.0. The van der Waals surface area contributed by atoms with E-state index in [0.29, 0.717) is 6.54 Å². The number of fused-ring (bicyclic) bond motifs is 2. The number of para-hydroxylation sites is 1. The average Bonchev–Trinajstić information content (AvgIpc) is 3.13. The summed E-state index contributed by atoms with van der Waals surface area (Å²) in [5.41, 5.74) is 6.72.